The molecule has 0 aromatic heterocycles. The first kappa shape index (κ1) is 33.5. The number of benzene rings is 2. The molecule has 11 nitrogen and oxygen atoms in total. The molecule has 2 aliphatic rings. The summed E-state index contributed by atoms with van der Waals surface area (Å²) in [6, 6.07) is 11.9. The molecule has 12 heteroatoms. The third kappa shape index (κ3) is 8.32. The Morgan fingerprint density at radius 3 is 2.19 bits per heavy atom. The third-order valence-electron chi connectivity index (χ3n) is 7.40. The van der Waals surface area contributed by atoms with Gasteiger partial charge in [-0.25, -0.2) is 0 Å². The molecule has 0 aliphatic carbocycles. The number of fused-ring (bicyclic) bond motifs is 2. The molecule has 2 aliphatic heterocycles. The van der Waals surface area contributed by atoms with Crippen molar-refractivity contribution < 1.29 is 38.6 Å². The number of carboxylic acid groups (broad SMARTS) is 1. The number of rotatable bonds is 15. The molecule has 43 heavy (non-hydrogen) atoms. The molecular weight excluding hydrogens is 578 g/mol. The number of carbonyl (C=O) groups is 5. The first-order valence-electron chi connectivity index (χ1n) is 14.4. The maximum absolute atomic E-state index is 13.4. The molecule has 3 amide bonds. The number of hydrogen-bond acceptors (Lipinski definition) is 8. The van der Waals surface area contributed by atoms with E-state index in [1.165, 1.54) is 4.90 Å². The van der Waals surface area contributed by atoms with Crippen molar-refractivity contribution in [2.24, 2.45) is 0 Å². The number of esters is 1. The second-order valence-corrected chi connectivity index (χ2v) is 10.3. The Labute approximate surface area is 256 Å². The van der Waals surface area contributed by atoms with E-state index in [1.54, 1.807) is 55.5 Å². The van der Waals surface area contributed by atoms with Crippen LogP contribution in [0.25, 0.3) is 0 Å². The molecule has 2 atom stereocenters. The van der Waals surface area contributed by atoms with E-state index >= 15 is 0 Å². The van der Waals surface area contributed by atoms with Crippen molar-refractivity contribution in [2.75, 3.05) is 31.2 Å². The summed E-state index contributed by atoms with van der Waals surface area (Å²) in [5.41, 5.74) is 1.29. The zero-order chi connectivity index (χ0) is 30.1. The van der Waals surface area contributed by atoms with Crippen LogP contribution in [-0.4, -0.2) is 78.1 Å². The molecule has 2 heterocycles. The number of hydrogen-bond donors (Lipinski definition) is 2. The van der Waals surface area contributed by atoms with E-state index in [-0.39, 0.29) is 37.4 Å². The van der Waals surface area contributed by atoms with Crippen LogP contribution in [0, 0.1) is 0 Å². The summed E-state index contributed by atoms with van der Waals surface area (Å²) in [7, 11) is 0. The lowest BCUT2D eigenvalue weighted by Gasteiger charge is -2.26. The van der Waals surface area contributed by atoms with Crippen molar-refractivity contribution in [3.63, 3.8) is 0 Å². The Morgan fingerprint density at radius 2 is 1.53 bits per heavy atom. The predicted octanol–water partition coefficient (Wildman–Crippen LogP) is 3.84. The summed E-state index contributed by atoms with van der Waals surface area (Å²) in [6.45, 7) is 1.70. The first-order chi connectivity index (χ1) is 20.3. The summed E-state index contributed by atoms with van der Waals surface area (Å²) in [4.78, 5) is 65.1. The lowest BCUT2D eigenvalue weighted by molar-refractivity contribution is -0.146. The number of nitrogens with one attached hydrogen (secondary N) is 1. The molecule has 0 radical (unpaired) electrons. The van der Waals surface area contributed by atoms with Crippen LogP contribution in [0.1, 0.15) is 72.6 Å². The van der Waals surface area contributed by atoms with Crippen LogP contribution in [0.5, 0.6) is 5.75 Å². The zero-order valence-electron chi connectivity index (χ0n) is 24.2. The highest BCUT2D eigenvalue weighted by Crippen LogP contribution is 2.31. The van der Waals surface area contributed by atoms with Gasteiger partial charge in [0, 0.05) is 6.54 Å². The summed E-state index contributed by atoms with van der Waals surface area (Å²) < 4.78 is 11.1. The van der Waals surface area contributed by atoms with E-state index < -0.39 is 36.5 Å². The SMILES string of the molecule is CCOC(=O)[C@H](CCCCCCCCN1C(=O)c2ccccc2C1=O)N[C@H]1COc2ccccc2N(CC(=O)O)C1=O.Cl. The van der Waals surface area contributed by atoms with Gasteiger partial charge in [0.15, 0.2) is 0 Å². The van der Waals surface area contributed by atoms with E-state index in [1.807, 2.05) is 0 Å². The quantitative estimate of drug-likeness (QED) is 0.174. The molecule has 0 unspecified atom stereocenters. The molecule has 4 rings (SSSR count). The highest BCUT2D eigenvalue weighted by atomic mass is 35.5. The van der Waals surface area contributed by atoms with Gasteiger partial charge >= 0.3 is 11.9 Å². The second-order valence-electron chi connectivity index (χ2n) is 10.3. The van der Waals surface area contributed by atoms with Crippen LogP contribution in [0.15, 0.2) is 48.5 Å². The van der Waals surface area contributed by atoms with E-state index in [4.69, 9.17) is 9.47 Å². The van der Waals surface area contributed by atoms with Crippen molar-refractivity contribution in [2.45, 2.75) is 64.0 Å². The van der Waals surface area contributed by atoms with Crippen molar-refractivity contribution in [1.82, 2.24) is 10.2 Å². The predicted molar refractivity (Wildman–Crippen MR) is 161 cm³/mol. The Bertz CT molecular complexity index is 1280. The van der Waals surface area contributed by atoms with E-state index in [0.717, 1.165) is 37.0 Å². The van der Waals surface area contributed by atoms with Gasteiger partial charge in [-0.05, 0) is 44.0 Å². The van der Waals surface area contributed by atoms with Gasteiger partial charge in [0.05, 0.1) is 23.4 Å². The fraction of sp³-hybridized carbons (Fsp3) is 0.452. The largest absolute Gasteiger partial charge is 0.489 e. The van der Waals surface area contributed by atoms with Crippen molar-refractivity contribution in [3.05, 3.63) is 59.7 Å². The van der Waals surface area contributed by atoms with Crippen molar-refractivity contribution in [3.8, 4) is 5.75 Å². The van der Waals surface area contributed by atoms with Gasteiger partial charge in [-0.2, -0.15) is 0 Å². The molecular formula is C31H38ClN3O8. The summed E-state index contributed by atoms with van der Waals surface area (Å²) in [5.74, 6) is -2.20. The van der Waals surface area contributed by atoms with Crippen LogP contribution in [0.3, 0.4) is 0 Å². The number of halogens is 1. The van der Waals surface area contributed by atoms with Crippen molar-refractivity contribution >= 4 is 47.8 Å². The number of ether oxygens (including phenoxy) is 2. The Hall–Kier alpha value is -3.96. The normalized spacial score (nSPS) is 16.5. The van der Waals surface area contributed by atoms with Gasteiger partial charge in [0.2, 0.25) is 5.91 Å². The highest BCUT2D eigenvalue weighted by Gasteiger charge is 2.36. The highest BCUT2D eigenvalue weighted by molar-refractivity contribution is 6.21. The van der Waals surface area contributed by atoms with Gasteiger partial charge in [0.1, 0.15) is 31.0 Å². The average molecular weight is 616 g/mol. The monoisotopic (exact) mass is 615 g/mol. The molecule has 2 aromatic carbocycles. The fourth-order valence-electron chi connectivity index (χ4n) is 5.29. The van der Waals surface area contributed by atoms with E-state index in [9.17, 15) is 29.1 Å². The van der Waals surface area contributed by atoms with Crippen LogP contribution >= 0.6 is 12.4 Å². The standard InChI is InChI=1S/C31H37N3O8.ClH/c1-2-41-31(40)23(32-24-20-42-26-17-11-10-16-25(26)34(30(24)39)19-27(35)36)15-7-5-3-4-6-12-18-33-28(37)21-13-8-9-14-22(21)29(33)38;/h8-11,13-14,16-17,23-24,32H,2-7,12,15,18-20H2,1H3,(H,35,36);1H/t23-,24-;/m0./s1. The maximum atomic E-state index is 13.4. The second kappa shape index (κ2) is 16.0. The molecule has 0 fully saturated rings. The summed E-state index contributed by atoms with van der Waals surface area (Å²) in [5, 5.41) is 12.5. The van der Waals surface area contributed by atoms with Crippen molar-refractivity contribution in [1.29, 1.82) is 0 Å². The minimum Gasteiger partial charge on any atom is -0.489 e. The summed E-state index contributed by atoms with van der Waals surface area (Å²) in [6.07, 6.45) is 5.39. The molecule has 0 spiro atoms. The average Bonchev–Trinajstić information content (AvgIpc) is 3.14. The topological polar surface area (TPSA) is 143 Å². The van der Waals surface area contributed by atoms with E-state index in [0.29, 0.717) is 42.0 Å². The minimum atomic E-state index is -1.16. The Balaban J connectivity index is 0.00000506. The van der Waals surface area contributed by atoms with Crippen LogP contribution in [-0.2, 0) is 19.1 Å². The van der Waals surface area contributed by atoms with Crippen LogP contribution < -0.4 is 15.0 Å². The van der Waals surface area contributed by atoms with Gasteiger partial charge in [-0.1, -0.05) is 56.4 Å². The third-order valence-corrected chi connectivity index (χ3v) is 7.40. The Morgan fingerprint density at radius 1 is 0.930 bits per heavy atom. The minimum absolute atomic E-state index is 0. The zero-order valence-corrected chi connectivity index (χ0v) is 25.0. The van der Waals surface area contributed by atoms with Gasteiger partial charge < -0.3 is 14.6 Å². The maximum Gasteiger partial charge on any atom is 0.323 e. The number of unbranched alkanes of at least 4 members (excludes halogenated alkanes) is 5. The molecule has 2 N–H and O–H groups in total. The van der Waals surface area contributed by atoms with Crippen LogP contribution in [0.4, 0.5) is 5.69 Å². The molecule has 2 aromatic rings. The number of anilines is 1. The lowest BCUT2D eigenvalue weighted by Crippen LogP contribution is -2.54. The van der Waals surface area contributed by atoms with Gasteiger partial charge in [0.25, 0.3) is 11.8 Å². The molecule has 0 saturated heterocycles. The van der Waals surface area contributed by atoms with E-state index in [2.05, 4.69) is 5.32 Å². The number of para-hydroxylation sites is 2. The Kier molecular flexibility index (Phi) is 12.5. The van der Waals surface area contributed by atoms with Gasteiger partial charge in [-0.15, -0.1) is 12.4 Å². The number of carbonyl (C=O) groups excluding carboxylic acids is 4. The number of amides is 3. The lowest BCUT2D eigenvalue weighted by atomic mass is 10.0. The number of carboxylic acids is 1. The number of aliphatic carboxylic acids is 1. The first-order valence-corrected chi connectivity index (χ1v) is 14.4. The fourth-order valence-corrected chi connectivity index (χ4v) is 5.29. The number of imide groups is 1. The molecule has 232 valence electrons. The smallest absolute Gasteiger partial charge is 0.323 e. The molecule has 0 bridgehead atoms. The van der Waals surface area contributed by atoms with Crippen LogP contribution in [0.2, 0.25) is 0 Å². The molecule has 0 saturated carbocycles. The summed E-state index contributed by atoms with van der Waals surface area (Å²) >= 11 is 0. The van der Waals surface area contributed by atoms with Gasteiger partial charge in [-0.3, -0.25) is 39.1 Å². The number of nitrogens with zero attached hydrogens (tertiary/aromatic N) is 2.